The summed E-state index contributed by atoms with van der Waals surface area (Å²) in [6, 6.07) is 26.3. The van der Waals surface area contributed by atoms with Crippen molar-refractivity contribution < 1.29 is 4.92 Å². The fourth-order valence-corrected chi connectivity index (χ4v) is 4.61. The molecular formula is C25H21N5O2S. The molecule has 3 heterocycles. The largest absolute Gasteiger partial charge is 0.352 e. The van der Waals surface area contributed by atoms with Crippen LogP contribution in [0.3, 0.4) is 0 Å². The molecule has 0 amide bonds. The summed E-state index contributed by atoms with van der Waals surface area (Å²) in [4.78, 5) is 17.7. The second-order valence-corrected chi connectivity index (χ2v) is 8.21. The molecule has 164 valence electrons. The minimum atomic E-state index is -0.378. The van der Waals surface area contributed by atoms with Crippen molar-refractivity contribution in [2.75, 3.05) is 0 Å². The van der Waals surface area contributed by atoms with Gasteiger partial charge in [-0.2, -0.15) is 0 Å². The Morgan fingerprint density at radius 1 is 1.00 bits per heavy atom. The van der Waals surface area contributed by atoms with E-state index in [2.05, 4.69) is 27.3 Å². The number of rotatable bonds is 6. The van der Waals surface area contributed by atoms with Crippen LogP contribution in [0, 0.1) is 10.1 Å². The quantitative estimate of drug-likeness (QED) is 0.252. The van der Waals surface area contributed by atoms with Gasteiger partial charge in [0.05, 0.1) is 28.4 Å². The molecule has 1 N–H and O–H groups in total. The van der Waals surface area contributed by atoms with Crippen LogP contribution >= 0.6 is 12.2 Å². The average Bonchev–Trinajstić information content (AvgIpc) is 3.45. The maximum Gasteiger partial charge on any atom is 0.271 e. The van der Waals surface area contributed by atoms with Gasteiger partial charge >= 0.3 is 0 Å². The first-order valence-corrected chi connectivity index (χ1v) is 11.0. The van der Waals surface area contributed by atoms with Gasteiger partial charge in [-0.15, -0.1) is 0 Å². The SMILES string of the molecule is O=[N+]([O-])c1cccc(-n2cccc2[C@H]2[C@@H](c3ccccn3)NC(=S)N2Cc2ccccc2)c1. The van der Waals surface area contributed by atoms with Crippen LogP contribution in [-0.2, 0) is 6.54 Å². The zero-order valence-electron chi connectivity index (χ0n) is 17.6. The standard InChI is InChI=1S/C25H21N5O2S/c31-30(32)20-11-6-10-19(16-20)28-15-7-13-22(28)24-23(21-12-4-5-14-26-21)27-25(33)29(24)17-18-8-2-1-3-9-18/h1-16,23-24H,17H2,(H,27,33)/t23-,24+/m1/s1. The Bertz CT molecular complexity index is 1290. The number of hydrogen-bond donors (Lipinski definition) is 1. The summed E-state index contributed by atoms with van der Waals surface area (Å²) in [7, 11) is 0. The number of nitrogens with zero attached hydrogens (tertiary/aromatic N) is 4. The van der Waals surface area contributed by atoms with Crippen molar-refractivity contribution in [2.24, 2.45) is 0 Å². The van der Waals surface area contributed by atoms with Crippen LogP contribution in [-0.4, -0.2) is 24.5 Å². The van der Waals surface area contributed by atoms with Gasteiger partial charge in [-0.05, 0) is 48.1 Å². The van der Waals surface area contributed by atoms with Gasteiger partial charge in [0.25, 0.3) is 5.69 Å². The Hall–Kier alpha value is -4.04. The Labute approximate surface area is 196 Å². The minimum Gasteiger partial charge on any atom is -0.352 e. The van der Waals surface area contributed by atoms with Crippen molar-refractivity contribution >= 4 is 23.0 Å². The van der Waals surface area contributed by atoms with Gasteiger partial charge in [-0.3, -0.25) is 15.1 Å². The molecule has 0 radical (unpaired) electrons. The summed E-state index contributed by atoms with van der Waals surface area (Å²) in [6.45, 7) is 0.626. The van der Waals surface area contributed by atoms with Crippen LogP contribution in [0.4, 0.5) is 5.69 Å². The van der Waals surface area contributed by atoms with Crippen molar-refractivity contribution in [1.82, 2.24) is 19.8 Å². The van der Waals surface area contributed by atoms with Gasteiger partial charge in [0.15, 0.2) is 5.11 Å². The number of aromatic nitrogens is 2. The Morgan fingerprint density at radius 3 is 2.58 bits per heavy atom. The van der Waals surface area contributed by atoms with Gasteiger partial charge in [-0.25, -0.2) is 0 Å². The van der Waals surface area contributed by atoms with E-state index in [0.717, 1.165) is 22.6 Å². The molecule has 1 aliphatic heterocycles. The van der Waals surface area contributed by atoms with Crippen molar-refractivity contribution in [2.45, 2.75) is 18.6 Å². The van der Waals surface area contributed by atoms with E-state index in [-0.39, 0.29) is 22.7 Å². The Balaban J connectivity index is 1.61. The average molecular weight is 456 g/mol. The predicted molar refractivity (Wildman–Crippen MR) is 130 cm³/mol. The molecule has 2 atom stereocenters. The van der Waals surface area contributed by atoms with E-state index >= 15 is 0 Å². The fraction of sp³-hybridized carbons (Fsp3) is 0.120. The molecule has 5 rings (SSSR count). The summed E-state index contributed by atoms with van der Waals surface area (Å²) < 4.78 is 1.99. The van der Waals surface area contributed by atoms with Gasteiger partial charge < -0.3 is 14.8 Å². The molecule has 1 saturated heterocycles. The molecule has 33 heavy (non-hydrogen) atoms. The van der Waals surface area contributed by atoms with E-state index in [1.807, 2.05) is 65.4 Å². The number of thiocarbonyl (C=S) groups is 1. The second-order valence-electron chi connectivity index (χ2n) is 7.82. The molecule has 1 fully saturated rings. The van der Waals surface area contributed by atoms with E-state index in [4.69, 9.17) is 12.2 Å². The Kier molecular flexibility index (Phi) is 5.58. The molecule has 0 bridgehead atoms. The monoisotopic (exact) mass is 455 g/mol. The van der Waals surface area contributed by atoms with E-state index in [0.29, 0.717) is 11.7 Å². The predicted octanol–water partition coefficient (Wildman–Crippen LogP) is 4.95. The highest BCUT2D eigenvalue weighted by molar-refractivity contribution is 7.80. The van der Waals surface area contributed by atoms with E-state index < -0.39 is 0 Å². The lowest BCUT2D eigenvalue weighted by Gasteiger charge is -2.29. The number of nitro benzene ring substituents is 1. The summed E-state index contributed by atoms with van der Waals surface area (Å²) in [5, 5.41) is 15.5. The molecule has 2 aromatic carbocycles. The van der Waals surface area contributed by atoms with Crippen LogP contribution in [0.5, 0.6) is 0 Å². The van der Waals surface area contributed by atoms with Crippen LogP contribution in [0.1, 0.15) is 29.0 Å². The van der Waals surface area contributed by atoms with E-state index in [1.54, 1.807) is 18.3 Å². The number of pyridine rings is 1. The molecule has 1 aliphatic rings. The maximum absolute atomic E-state index is 11.4. The topological polar surface area (TPSA) is 76.2 Å². The number of hydrogen-bond acceptors (Lipinski definition) is 4. The van der Waals surface area contributed by atoms with Crippen LogP contribution in [0.2, 0.25) is 0 Å². The molecule has 0 spiro atoms. The number of nitro groups is 1. The Morgan fingerprint density at radius 2 is 1.82 bits per heavy atom. The summed E-state index contributed by atoms with van der Waals surface area (Å²) in [6.07, 6.45) is 3.70. The zero-order chi connectivity index (χ0) is 22.8. The van der Waals surface area contributed by atoms with Crippen molar-refractivity contribution in [1.29, 1.82) is 0 Å². The van der Waals surface area contributed by atoms with Gasteiger partial charge in [-0.1, -0.05) is 42.5 Å². The molecule has 0 saturated carbocycles. The van der Waals surface area contributed by atoms with Crippen molar-refractivity contribution in [3.63, 3.8) is 0 Å². The third-order valence-corrected chi connectivity index (χ3v) is 6.15. The highest BCUT2D eigenvalue weighted by Crippen LogP contribution is 2.40. The van der Waals surface area contributed by atoms with E-state index in [9.17, 15) is 10.1 Å². The molecule has 0 aliphatic carbocycles. The lowest BCUT2D eigenvalue weighted by Crippen LogP contribution is -2.30. The fourth-order valence-electron chi connectivity index (χ4n) is 4.30. The number of benzene rings is 2. The maximum atomic E-state index is 11.4. The number of non-ortho nitro benzene ring substituents is 1. The van der Waals surface area contributed by atoms with Gasteiger partial charge in [0.1, 0.15) is 0 Å². The van der Waals surface area contributed by atoms with Crippen molar-refractivity contribution in [3.8, 4) is 5.69 Å². The molecule has 2 aromatic heterocycles. The van der Waals surface area contributed by atoms with Crippen LogP contribution in [0.15, 0.2) is 97.3 Å². The summed E-state index contributed by atoms with van der Waals surface area (Å²) >= 11 is 5.77. The first-order valence-electron chi connectivity index (χ1n) is 10.6. The molecular weight excluding hydrogens is 434 g/mol. The highest BCUT2D eigenvalue weighted by Gasteiger charge is 2.41. The zero-order valence-corrected chi connectivity index (χ0v) is 18.4. The third-order valence-electron chi connectivity index (χ3n) is 5.80. The van der Waals surface area contributed by atoms with Gasteiger partial charge in [0, 0.05) is 36.8 Å². The first-order chi connectivity index (χ1) is 16.1. The third kappa shape index (κ3) is 4.08. The molecule has 7 nitrogen and oxygen atoms in total. The second kappa shape index (κ2) is 8.84. The van der Waals surface area contributed by atoms with Crippen LogP contribution in [0.25, 0.3) is 5.69 Å². The van der Waals surface area contributed by atoms with Gasteiger partial charge in [0.2, 0.25) is 0 Å². The highest BCUT2D eigenvalue weighted by atomic mass is 32.1. The lowest BCUT2D eigenvalue weighted by molar-refractivity contribution is -0.384. The van der Waals surface area contributed by atoms with E-state index in [1.165, 1.54) is 6.07 Å². The molecule has 8 heteroatoms. The van der Waals surface area contributed by atoms with Crippen LogP contribution < -0.4 is 5.32 Å². The smallest absolute Gasteiger partial charge is 0.271 e. The summed E-state index contributed by atoms with van der Waals surface area (Å²) in [5.74, 6) is 0. The normalized spacial score (nSPS) is 17.7. The minimum absolute atomic E-state index is 0.0506. The van der Waals surface area contributed by atoms with Crippen molar-refractivity contribution in [3.05, 3.63) is 124 Å². The first kappa shape index (κ1) is 20.8. The molecule has 4 aromatic rings. The summed E-state index contributed by atoms with van der Waals surface area (Å²) in [5.41, 5.74) is 3.76. The lowest BCUT2D eigenvalue weighted by atomic mass is 10.0. The number of nitrogens with one attached hydrogen (secondary N) is 1. The molecule has 0 unspecified atom stereocenters.